The largest absolute Gasteiger partial charge is 0.356 e. The first-order chi connectivity index (χ1) is 7.48. The van der Waals surface area contributed by atoms with Crippen molar-refractivity contribution in [3.63, 3.8) is 0 Å². The number of amides is 1. The molecule has 1 saturated carbocycles. The van der Waals surface area contributed by atoms with Gasteiger partial charge in [0.15, 0.2) is 0 Å². The van der Waals surface area contributed by atoms with E-state index in [-0.39, 0.29) is 5.91 Å². The van der Waals surface area contributed by atoms with E-state index in [1.165, 1.54) is 25.7 Å². The second kappa shape index (κ2) is 5.70. The molecule has 0 heterocycles. The fourth-order valence-corrected chi connectivity index (χ4v) is 2.89. The zero-order chi connectivity index (χ0) is 12.2. The van der Waals surface area contributed by atoms with Crippen molar-refractivity contribution in [3.8, 4) is 0 Å². The van der Waals surface area contributed by atoms with Crippen molar-refractivity contribution in [3.05, 3.63) is 0 Å². The molecule has 1 aliphatic rings. The number of nitrogens with one attached hydrogen (secondary N) is 1. The minimum absolute atomic E-state index is 0.237. The molecule has 0 saturated heterocycles. The normalized spacial score (nSPS) is 30.4. The van der Waals surface area contributed by atoms with Gasteiger partial charge in [-0.05, 0) is 43.4 Å². The Bertz CT molecular complexity index is 237. The third kappa shape index (κ3) is 3.50. The molecular formula is C14H27NO. The van der Waals surface area contributed by atoms with Gasteiger partial charge in [-0.25, -0.2) is 0 Å². The number of hydrogen-bond donors (Lipinski definition) is 1. The summed E-state index contributed by atoms with van der Waals surface area (Å²) >= 11 is 0. The van der Waals surface area contributed by atoms with Crippen molar-refractivity contribution in [1.82, 2.24) is 5.32 Å². The highest BCUT2D eigenvalue weighted by molar-refractivity contribution is 5.76. The summed E-state index contributed by atoms with van der Waals surface area (Å²) in [6.07, 6.45) is 5.81. The van der Waals surface area contributed by atoms with Crippen molar-refractivity contribution in [2.45, 2.75) is 59.8 Å². The number of rotatable bonds is 4. The quantitative estimate of drug-likeness (QED) is 0.781. The molecule has 1 aliphatic carbocycles. The summed E-state index contributed by atoms with van der Waals surface area (Å²) < 4.78 is 0. The molecule has 1 amide bonds. The number of hydrogen-bond acceptors (Lipinski definition) is 1. The predicted molar refractivity (Wildman–Crippen MR) is 68.2 cm³/mol. The lowest BCUT2D eigenvalue weighted by Gasteiger charge is -2.41. The zero-order valence-electron chi connectivity index (χ0n) is 11.3. The zero-order valence-corrected chi connectivity index (χ0v) is 11.3. The lowest BCUT2D eigenvalue weighted by Crippen LogP contribution is -2.33. The monoisotopic (exact) mass is 225 g/mol. The SMILES string of the molecule is CCNC(=O)CC1CCCC(C)(C(C)C)C1. The van der Waals surface area contributed by atoms with Gasteiger partial charge in [0.1, 0.15) is 0 Å². The maximum absolute atomic E-state index is 11.6. The third-order valence-corrected chi connectivity index (χ3v) is 4.36. The average Bonchev–Trinajstić information content (AvgIpc) is 2.17. The van der Waals surface area contributed by atoms with Crippen molar-refractivity contribution < 1.29 is 4.79 Å². The van der Waals surface area contributed by atoms with E-state index in [2.05, 4.69) is 26.1 Å². The third-order valence-electron chi connectivity index (χ3n) is 4.36. The van der Waals surface area contributed by atoms with Crippen molar-refractivity contribution >= 4 is 5.91 Å². The van der Waals surface area contributed by atoms with Gasteiger partial charge in [0.05, 0.1) is 0 Å². The molecule has 0 aromatic carbocycles. The lowest BCUT2D eigenvalue weighted by atomic mass is 9.64. The second-order valence-electron chi connectivity index (χ2n) is 5.93. The Morgan fingerprint density at radius 1 is 1.50 bits per heavy atom. The molecule has 0 radical (unpaired) electrons. The van der Waals surface area contributed by atoms with E-state index in [1.807, 2.05) is 6.92 Å². The molecule has 94 valence electrons. The molecule has 2 atom stereocenters. The maximum atomic E-state index is 11.6. The van der Waals surface area contributed by atoms with E-state index in [4.69, 9.17) is 0 Å². The van der Waals surface area contributed by atoms with Gasteiger partial charge in [-0.2, -0.15) is 0 Å². The average molecular weight is 225 g/mol. The van der Waals surface area contributed by atoms with Crippen LogP contribution in [0.2, 0.25) is 0 Å². The summed E-state index contributed by atoms with van der Waals surface area (Å²) in [5.74, 6) is 1.57. The van der Waals surface area contributed by atoms with Gasteiger partial charge >= 0.3 is 0 Å². The van der Waals surface area contributed by atoms with Gasteiger partial charge in [-0.1, -0.05) is 27.2 Å². The van der Waals surface area contributed by atoms with E-state index < -0.39 is 0 Å². The van der Waals surface area contributed by atoms with Gasteiger partial charge in [0, 0.05) is 13.0 Å². The van der Waals surface area contributed by atoms with Crippen molar-refractivity contribution in [1.29, 1.82) is 0 Å². The Kier molecular flexibility index (Phi) is 4.82. The van der Waals surface area contributed by atoms with Gasteiger partial charge in [-0.15, -0.1) is 0 Å². The van der Waals surface area contributed by atoms with E-state index in [0.717, 1.165) is 18.9 Å². The van der Waals surface area contributed by atoms with Crippen molar-refractivity contribution in [2.75, 3.05) is 6.54 Å². The Morgan fingerprint density at radius 3 is 2.75 bits per heavy atom. The van der Waals surface area contributed by atoms with Crippen molar-refractivity contribution in [2.24, 2.45) is 17.3 Å². The van der Waals surface area contributed by atoms with Crippen LogP contribution in [0.1, 0.15) is 59.8 Å². The van der Waals surface area contributed by atoms with Crippen LogP contribution >= 0.6 is 0 Å². The molecule has 2 nitrogen and oxygen atoms in total. The summed E-state index contributed by atoms with van der Waals surface area (Å²) in [4.78, 5) is 11.6. The highest BCUT2D eigenvalue weighted by atomic mass is 16.1. The first-order valence-electron chi connectivity index (χ1n) is 6.74. The number of carbonyl (C=O) groups excluding carboxylic acids is 1. The summed E-state index contributed by atoms with van der Waals surface area (Å²) in [7, 11) is 0. The Balaban J connectivity index is 2.47. The topological polar surface area (TPSA) is 29.1 Å². The second-order valence-corrected chi connectivity index (χ2v) is 5.93. The molecule has 0 aromatic heterocycles. The molecule has 1 rings (SSSR count). The fraction of sp³-hybridized carbons (Fsp3) is 0.929. The van der Waals surface area contributed by atoms with Gasteiger partial charge in [0.25, 0.3) is 0 Å². The van der Waals surface area contributed by atoms with Crippen LogP contribution in [0.25, 0.3) is 0 Å². The van der Waals surface area contributed by atoms with Crippen LogP contribution in [0.5, 0.6) is 0 Å². The molecule has 1 fully saturated rings. The minimum Gasteiger partial charge on any atom is -0.356 e. The van der Waals surface area contributed by atoms with E-state index in [1.54, 1.807) is 0 Å². The summed E-state index contributed by atoms with van der Waals surface area (Å²) in [5, 5.41) is 2.91. The molecule has 2 unspecified atom stereocenters. The Morgan fingerprint density at radius 2 is 2.19 bits per heavy atom. The maximum Gasteiger partial charge on any atom is 0.220 e. The highest BCUT2D eigenvalue weighted by Crippen LogP contribution is 2.45. The van der Waals surface area contributed by atoms with Crippen LogP contribution in [0, 0.1) is 17.3 Å². The molecule has 2 heteroatoms. The highest BCUT2D eigenvalue weighted by Gasteiger charge is 2.35. The molecule has 1 N–H and O–H groups in total. The molecule has 0 spiro atoms. The van der Waals surface area contributed by atoms with E-state index in [0.29, 0.717) is 11.3 Å². The van der Waals surface area contributed by atoms with Crippen LogP contribution in [0.3, 0.4) is 0 Å². The number of carbonyl (C=O) groups is 1. The molecule has 0 aromatic rings. The predicted octanol–water partition coefficient (Wildman–Crippen LogP) is 3.37. The van der Waals surface area contributed by atoms with Crippen LogP contribution in [-0.2, 0) is 4.79 Å². The molecular weight excluding hydrogens is 198 g/mol. The fourth-order valence-electron chi connectivity index (χ4n) is 2.89. The molecule has 0 aliphatic heterocycles. The summed E-state index contributed by atoms with van der Waals surface area (Å²) in [5.41, 5.74) is 0.454. The lowest BCUT2D eigenvalue weighted by molar-refractivity contribution is -0.122. The molecule has 16 heavy (non-hydrogen) atoms. The van der Waals surface area contributed by atoms with Crippen LogP contribution < -0.4 is 5.32 Å². The Hall–Kier alpha value is -0.530. The van der Waals surface area contributed by atoms with Crippen LogP contribution in [-0.4, -0.2) is 12.5 Å². The smallest absolute Gasteiger partial charge is 0.220 e. The first-order valence-corrected chi connectivity index (χ1v) is 6.74. The standard InChI is InChI=1S/C14H27NO/c1-5-15-13(16)9-12-7-6-8-14(4,10-12)11(2)3/h11-12H,5-10H2,1-4H3,(H,15,16). The first kappa shape index (κ1) is 13.5. The van der Waals surface area contributed by atoms with E-state index in [9.17, 15) is 4.79 Å². The van der Waals surface area contributed by atoms with Crippen LogP contribution in [0.15, 0.2) is 0 Å². The van der Waals surface area contributed by atoms with E-state index >= 15 is 0 Å². The van der Waals surface area contributed by atoms with Crippen LogP contribution in [0.4, 0.5) is 0 Å². The minimum atomic E-state index is 0.237. The van der Waals surface area contributed by atoms with Gasteiger partial charge in [-0.3, -0.25) is 4.79 Å². The van der Waals surface area contributed by atoms with Gasteiger partial charge < -0.3 is 5.32 Å². The summed E-state index contributed by atoms with van der Waals surface area (Å²) in [6.45, 7) is 9.76. The molecule has 0 bridgehead atoms. The summed E-state index contributed by atoms with van der Waals surface area (Å²) in [6, 6.07) is 0. The van der Waals surface area contributed by atoms with Gasteiger partial charge in [0.2, 0.25) is 5.91 Å². The Labute approximate surface area is 100 Å².